The molecule has 0 heterocycles. The summed E-state index contributed by atoms with van der Waals surface area (Å²) in [4.78, 5) is 0. The van der Waals surface area contributed by atoms with E-state index in [1.54, 1.807) is 6.92 Å². The maximum atomic E-state index is 13.6. The summed E-state index contributed by atoms with van der Waals surface area (Å²) in [5, 5.41) is 10.2. The maximum absolute atomic E-state index is 13.6. The first-order valence-corrected chi connectivity index (χ1v) is 6.70. The number of benzene rings is 2. The molecule has 106 valence electrons. The number of rotatable bonds is 4. The topological polar surface area (TPSA) is 29.5 Å². The lowest BCUT2D eigenvalue weighted by atomic mass is 10.1. The average molecular weight is 295 g/mol. The minimum absolute atomic E-state index is 0.0650. The molecule has 1 unspecified atom stereocenters. The van der Waals surface area contributed by atoms with Gasteiger partial charge in [-0.15, -0.1) is 0 Å². The zero-order valence-corrected chi connectivity index (χ0v) is 12.1. The summed E-state index contributed by atoms with van der Waals surface area (Å²) in [7, 11) is 0. The third kappa shape index (κ3) is 3.50. The van der Waals surface area contributed by atoms with Crippen molar-refractivity contribution >= 4 is 11.6 Å². The molecule has 0 aromatic heterocycles. The minimum atomic E-state index is -0.644. The molecule has 0 spiro atoms. The Morgan fingerprint density at radius 2 is 2.00 bits per heavy atom. The Morgan fingerprint density at radius 3 is 2.70 bits per heavy atom. The van der Waals surface area contributed by atoms with Gasteiger partial charge in [0.15, 0.2) is 0 Å². The van der Waals surface area contributed by atoms with Crippen LogP contribution in [-0.2, 0) is 6.61 Å². The molecule has 2 rings (SSSR count). The van der Waals surface area contributed by atoms with Crippen molar-refractivity contribution in [2.75, 3.05) is 0 Å². The van der Waals surface area contributed by atoms with E-state index in [-0.39, 0.29) is 12.4 Å². The summed E-state index contributed by atoms with van der Waals surface area (Å²) in [5.41, 5.74) is 2.07. The standard InChI is InChI=1S/C16H16ClFO2/c1-10-3-5-14(11(2)19)16(7-10)20-9-12-8-13(17)4-6-15(12)18/h3-8,11,19H,9H2,1-2H3. The normalized spacial score (nSPS) is 12.2. The zero-order valence-electron chi connectivity index (χ0n) is 11.4. The van der Waals surface area contributed by atoms with Crippen molar-refractivity contribution in [3.63, 3.8) is 0 Å². The largest absolute Gasteiger partial charge is 0.488 e. The van der Waals surface area contributed by atoms with Gasteiger partial charge in [-0.05, 0) is 43.7 Å². The van der Waals surface area contributed by atoms with Crippen LogP contribution in [0.25, 0.3) is 0 Å². The van der Waals surface area contributed by atoms with Gasteiger partial charge in [0.25, 0.3) is 0 Å². The third-order valence-electron chi connectivity index (χ3n) is 3.01. The predicted molar refractivity (Wildman–Crippen MR) is 77.6 cm³/mol. The Kier molecular flexibility index (Phi) is 4.63. The number of ether oxygens (including phenoxy) is 1. The molecule has 0 saturated carbocycles. The molecule has 1 N–H and O–H groups in total. The number of hydrogen-bond donors (Lipinski definition) is 1. The van der Waals surface area contributed by atoms with E-state index in [9.17, 15) is 9.50 Å². The van der Waals surface area contributed by atoms with Crippen LogP contribution in [0.1, 0.15) is 29.7 Å². The Bertz CT molecular complexity index is 611. The number of aliphatic hydroxyl groups is 1. The lowest BCUT2D eigenvalue weighted by Gasteiger charge is -2.14. The van der Waals surface area contributed by atoms with E-state index in [1.807, 2.05) is 25.1 Å². The molecule has 0 aliphatic rings. The molecule has 1 atom stereocenters. The predicted octanol–water partition coefficient (Wildman–Crippen LogP) is 4.42. The highest BCUT2D eigenvalue weighted by Crippen LogP contribution is 2.27. The second-order valence-electron chi connectivity index (χ2n) is 4.74. The van der Waals surface area contributed by atoms with Gasteiger partial charge in [0.05, 0.1) is 6.10 Å². The highest BCUT2D eigenvalue weighted by Gasteiger charge is 2.11. The van der Waals surface area contributed by atoms with Crippen molar-refractivity contribution in [1.82, 2.24) is 0 Å². The van der Waals surface area contributed by atoms with Crippen molar-refractivity contribution in [2.45, 2.75) is 26.6 Å². The number of halogens is 2. The van der Waals surface area contributed by atoms with Gasteiger partial charge in [0, 0.05) is 16.1 Å². The van der Waals surface area contributed by atoms with E-state index in [4.69, 9.17) is 16.3 Å². The molecule has 2 aromatic carbocycles. The first kappa shape index (κ1) is 14.8. The number of hydrogen-bond acceptors (Lipinski definition) is 2. The monoisotopic (exact) mass is 294 g/mol. The number of aryl methyl sites for hydroxylation is 1. The smallest absolute Gasteiger partial charge is 0.129 e. The molecule has 0 saturated heterocycles. The highest BCUT2D eigenvalue weighted by molar-refractivity contribution is 6.30. The lowest BCUT2D eigenvalue weighted by molar-refractivity contribution is 0.190. The van der Waals surface area contributed by atoms with Crippen LogP contribution in [0.4, 0.5) is 4.39 Å². The minimum Gasteiger partial charge on any atom is -0.488 e. The third-order valence-corrected chi connectivity index (χ3v) is 3.25. The van der Waals surface area contributed by atoms with Gasteiger partial charge in [-0.25, -0.2) is 4.39 Å². The van der Waals surface area contributed by atoms with Gasteiger partial charge in [0.2, 0.25) is 0 Å². The van der Waals surface area contributed by atoms with Crippen LogP contribution in [0.2, 0.25) is 5.02 Å². The summed E-state index contributed by atoms with van der Waals surface area (Å²) in [6.07, 6.45) is -0.644. The quantitative estimate of drug-likeness (QED) is 0.904. The SMILES string of the molecule is Cc1ccc(C(C)O)c(OCc2cc(Cl)ccc2F)c1. The molecule has 0 fully saturated rings. The van der Waals surface area contributed by atoms with Crippen LogP contribution < -0.4 is 4.74 Å². The van der Waals surface area contributed by atoms with Crippen molar-refractivity contribution < 1.29 is 14.2 Å². The molecule has 0 bridgehead atoms. The van der Waals surface area contributed by atoms with Crippen LogP contribution in [0.5, 0.6) is 5.75 Å². The first-order valence-electron chi connectivity index (χ1n) is 6.32. The van der Waals surface area contributed by atoms with E-state index in [0.29, 0.717) is 21.9 Å². The molecule has 0 radical (unpaired) electrons. The highest BCUT2D eigenvalue weighted by atomic mass is 35.5. The molecule has 0 aliphatic heterocycles. The van der Waals surface area contributed by atoms with Gasteiger partial charge in [0.1, 0.15) is 18.2 Å². The summed E-state index contributed by atoms with van der Waals surface area (Å²) in [6, 6.07) is 9.87. The van der Waals surface area contributed by atoms with Crippen molar-refractivity contribution in [3.8, 4) is 5.75 Å². The first-order chi connectivity index (χ1) is 9.47. The molecule has 2 aromatic rings. The fourth-order valence-corrected chi connectivity index (χ4v) is 2.12. The van der Waals surface area contributed by atoms with Crippen LogP contribution in [0.3, 0.4) is 0 Å². The summed E-state index contributed by atoms with van der Waals surface area (Å²) < 4.78 is 19.3. The lowest BCUT2D eigenvalue weighted by Crippen LogP contribution is -2.03. The van der Waals surface area contributed by atoms with Crippen molar-refractivity contribution in [3.05, 3.63) is 63.9 Å². The molecule has 0 amide bonds. The summed E-state index contributed by atoms with van der Waals surface area (Å²) >= 11 is 5.84. The van der Waals surface area contributed by atoms with E-state index in [0.717, 1.165) is 5.56 Å². The van der Waals surface area contributed by atoms with Gasteiger partial charge in [-0.3, -0.25) is 0 Å². The molecule has 0 aliphatic carbocycles. The van der Waals surface area contributed by atoms with Crippen LogP contribution in [0.15, 0.2) is 36.4 Å². The molecular weight excluding hydrogens is 279 g/mol. The van der Waals surface area contributed by atoms with Crippen LogP contribution in [0, 0.1) is 12.7 Å². The van der Waals surface area contributed by atoms with Gasteiger partial charge < -0.3 is 9.84 Å². The van der Waals surface area contributed by atoms with Crippen molar-refractivity contribution in [2.24, 2.45) is 0 Å². The second kappa shape index (κ2) is 6.25. The second-order valence-corrected chi connectivity index (χ2v) is 5.18. The van der Waals surface area contributed by atoms with E-state index < -0.39 is 6.10 Å². The van der Waals surface area contributed by atoms with E-state index in [1.165, 1.54) is 18.2 Å². The molecule has 4 heteroatoms. The summed E-state index contributed by atoms with van der Waals surface area (Å²) in [5.74, 6) is 0.194. The number of aliphatic hydroxyl groups excluding tert-OH is 1. The van der Waals surface area contributed by atoms with Gasteiger partial charge in [-0.1, -0.05) is 23.7 Å². The molecule has 20 heavy (non-hydrogen) atoms. The molecular formula is C16H16ClFO2. The van der Waals surface area contributed by atoms with Crippen LogP contribution in [-0.4, -0.2) is 5.11 Å². The maximum Gasteiger partial charge on any atom is 0.129 e. The van der Waals surface area contributed by atoms with Gasteiger partial charge in [-0.2, -0.15) is 0 Å². The average Bonchev–Trinajstić information content (AvgIpc) is 2.39. The van der Waals surface area contributed by atoms with E-state index >= 15 is 0 Å². The Balaban J connectivity index is 2.22. The Hall–Kier alpha value is -1.58. The fourth-order valence-electron chi connectivity index (χ4n) is 1.92. The van der Waals surface area contributed by atoms with Gasteiger partial charge >= 0.3 is 0 Å². The Morgan fingerprint density at radius 1 is 1.25 bits per heavy atom. The fraction of sp³-hybridized carbons (Fsp3) is 0.250. The van der Waals surface area contributed by atoms with E-state index in [2.05, 4.69) is 0 Å². The summed E-state index contributed by atoms with van der Waals surface area (Å²) in [6.45, 7) is 3.66. The zero-order chi connectivity index (χ0) is 14.7. The molecule has 2 nitrogen and oxygen atoms in total. The van der Waals surface area contributed by atoms with Crippen molar-refractivity contribution in [1.29, 1.82) is 0 Å². The Labute approximate surface area is 122 Å². The van der Waals surface area contributed by atoms with Crippen LogP contribution >= 0.6 is 11.6 Å².